The molecule has 0 N–H and O–H groups in total. The second kappa shape index (κ2) is 5.43. The largest absolute Gasteiger partial charge is 0.381 e. The lowest BCUT2D eigenvalue weighted by atomic mass is 9.86. The van der Waals surface area contributed by atoms with Gasteiger partial charge in [-0.3, -0.25) is 0 Å². The molecule has 3 saturated heterocycles. The minimum Gasteiger partial charge on any atom is -0.381 e. The summed E-state index contributed by atoms with van der Waals surface area (Å²) in [4.78, 5) is 0. The van der Waals surface area contributed by atoms with Crippen LogP contribution >= 0.6 is 0 Å². The summed E-state index contributed by atoms with van der Waals surface area (Å²) < 4.78 is 27.9. The fourth-order valence-electron chi connectivity index (χ4n) is 2.52. The zero-order valence-corrected chi connectivity index (χ0v) is 10.8. The molecule has 0 amide bonds. The highest BCUT2D eigenvalue weighted by molar-refractivity contribution is 4.88. The monoisotopic (exact) mass is 258 g/mol. The van der Waals surface area contributed by atoms with Crippen LogP contribution in [0.5, 0.6) is 0 Å². The molecule has 3 heterocycles. The first kappa shape index (κ1) is 12.8. The van der Waals surface area contributed by atoms with E-state index in [1.165, 1.54) is 0 Å². The van der Waals surface area contributed by atoms with Gasteiger partial charge in [-0.25, -0.2) is 0 Å². The number of ether oxygens (including phenoxy) is 5. The molecule has 104 valence electrons. The van der Waals surface area contributed by atoms with Gasteiger partial charge in [0.05, 0.1) is 63.7 Å². The molecule has 0 unspecified atom stereocenters. The third kappa shape index (κ3) is 2.70. The molecule has 5 heteroatoms. The summed E-state index contributed by atoms with van der Waals surface area (Å²) in [6.45, 7) is 7.44. The van der Waals surface area contributed by atoms with E-state index in [1.54, 1.807) is 0 Å². The van der Waals surface area contributed by atoms with Crippen molar-refractivity contribution in [3.63, 3.8) is 0 Å². The van der Waals surface area contributed by atoms with Crippen LogP contribution in [0.2, 0.25) is 0 Å². The van der Waals surface area contributed by atoms with Crippen LogP contribution < -0.4 is 0 Å². The molecular formula is C13H22O5. The minimum absolute atomic E-state index is 0.0891. The van der Waals surface area contributed by atoms with Crippen molar-refractivity contribution in [3.8, 4) is 0 Å². The van der Waals surface area contributed by atoms with Crippen molar-refractivity contribution in [2.45, 2.75) is 6.42 Å². The van der Waals surface area contributed by atoms with Crippen LogP contribution in [0.15, 0.2) is 0 Å². The highest BCUT2D eigenvalue weighted by Gasteiger charge is 2.43. The molecule has 3 aliphatic heterocycles. The average Bonchev–Trinajstić information content (AvgIpc) is 2.26. The second-order valence-corrected chi connectivity index (χ2v) is 5.94. The maximum Gasteiger partial charge on any atom is 0.0637 e. The first-order valence-electron chi connectivity index (χ1n) is 6.72. The fourth-order valence-corrected chi connectivity index (χ4v) is 2.52. The van der Waals surface area contributed by atoms with Crippen molar-refractivity contribution in [3.05, 3.63) is 0 Å². The topological polar surface area (TPSA) is 46.2 Å². The van der Waals surface area contributed by atoms with Crippen molar-refractivity contribution in [1.82, 2.24) is 0 Å². The van der Waals surface area contributed by atoms with Gasteiger partial charge in [-0.2, -0.15) is 0 Å². The molecule has 2 spiro atoms. The lowest BCUT2D eigenvalue weighted by Crippen LogP contribution is -2.53. The van der Waals surface area contributed by atoms with E-state index < -0.39 is 0 Å². The van der Waals surface area contributed by atoms with E-state index in [0.717, 1.165) is 72.5 Å². The summed E-state index contributed by atoms with van der Waals surface area (Å²) in [5, 5.41) is 0. The third-order valence-corrected chi connectivity index (χ3v) is 3.84. The predicted molar refractivity (Wildman–Crippen MR) is 63.6 cm³/mol. The smallest absolute Gasteiger partial charge is 0.0637 e. The van der Waals surface area contributed by atoms with E-state index in [1.807, 2.05) is 0 Å². The Morgan fingerprint density at radius 1 is 0.444 bits per heavy atom. The zero-order chi connectivity index (χ0) is 12.3. The van der Waals surface area contributed by atoms with Gasteiger partial charge in [-0.05, 0) is 6.42 Å². The number of hydrogen-bond donors (Lipinski definition) is 0. The molecule has 5 nitrogen and oxygen atoms in total. The summed E-state index contributed by atoms with van der Waals surface area (Å²) in [6.07, 6.45) is 0.953. The van der Waals surface area contributed by atoms with Gasteiger partial charge in [0.25, 0.3) is 0 Å². The van der Waals surface area contributed by atoms with Crippen LogP contribution in [0, 0.1) is 10.8 Å². The van der Waals surface area contributed by atoms with Gasteiger partial charge in [0.15, 0.2) is 0 Å². The average molecular weight is 258 g/mol. The van der Waals surface area contributed by atoms with Crippen molar-refractivity contribution < 1.29 is 23.7 Å². The van der Waals surface area contributed by atoms with E-state index in [2.05, 4.69) is 0 Å². The van der Waals surface area contributed by atoms with Gasteiger partial charge in [0, 0.05) is 13.2 Å². The van der Waals surface area contributed by atoms with Crippen LogP contribution in [-0.4, -0.2) is 66.1 Å². The molecule has 0 bridgehead atoms. The van der Waals surface area contributed by atoms with Gasteiger partial charge in [-0.15, -0.1) is 0 Å². The number of hydrogen-bond acceptors (Lipinski definition) is 5. The van der Waals surface area contributed by atoms with Gasteiger partial charge in [0.2, 0.25) is 0 Å². The highest BCUT2D eigenvalue weighted by Crippen LogP contribution is 2.32. The van der Waals surface area contributed by atoms with Crippen LogP contribution in [-0.2, 0) is 23.7 Å². The molecule has 0 saturated carbocycles. The third-order valence-electron chi connectivity index (χ3n) is 3.84. The molecule has 0 aromatic heterocycles. The molecule has 0 aliphatic carbocycles. The predicted octanol–water partition coefficient (Wildman–Crippen LogP) is 0.473. The van der Waals surface area contributed by atoms with E-state index in [-0.39, 0.29) is 10.8 Å². The molecule has 3 rings (SSSR count). The van der Waals surface area contributed by atoms with Crippen LogP contribution in [0.3, 0.4) is 0 Å². The molecule has 18 heavy (non-hydrogen) atoms. The van der Waals surface area contributed by atoms with E-state index in [9.17, 15) is 0 Å². The summed E-state index contributed by atoms with van der Waals surface area (Å²) in [5.41, 5.74) is 0.178. The van der Waals surface area contributed by atoms with Crippen molar-refractivity contribution >= 4 is 0 Å². The van der Waals surface area contributed by atoms with E-state index in [4.69, 9.17) is 23.7 Å². The van der Waals surface area contributed by atoms with Crippen molar-refractivity contribution in [2.75, 3.05) is 66.1 Å². The molecule has 0 atom stereocenters. The lowest BCUT2D eigenvalue weighted by molar-refractivity contribution is -0.215. The summed E-state index contributed by atoms with van der Waals surface area (Å²) in [7, 11) is 0. The van der Waals surface area contributed by atoms with Gasteiger partial charge >= 0.3 is 0 Å². The minimum atomic E-state index is 0.0891. The van der Waals surface area contributed by atoms with Crippen LogP contribution in [0.1, 0.15) is 6.42 Å². The zero-order valence-electron chi connectivity index (χ0n) is 10.8. The highest BCUT2D eigenvalue weighted by atomic mass is 16.5. The molecule has 3 aliphatic rings. The Kier molecular flexibility index (Phi) is 3.86. The summed E-state index contributed by atoms with van der Waals surface area (Å²) in [6, 6.07) is 0. The summed E-state index contributed by atoms with van der Waals surface area (Å²) >= 11 is 0. The van der Waals surface area contributed by atoms with E-state index >= 15 is 0 Å². The Morgan fingerprint density at radius 2 is 0.778 bits per heavy atom. The quantitative estimate of drug-likeness (QED) is 0.632. The Bertz CT molecular complexity index is 247. The first-order chi connectivity index (χ1) is 8.83. The lowest BCUT2D eigenvalue weighted by Gasteiger charge is -2.44. The van der Waals surface area contributed by atoms with E-state index in [0.29, 0.717) is 0 Å². The Balaban J connectivity index is 1.56. The van der Waals surface area contributed by atoms with Crippen LogP contribution in [0.25, 0.3) is 0 Å². The molecule has 3 fully saturated rings. The van der Waals surface area contributed by atoms with Crippen molar-refractivity contribution in [2.24, 2.45) is 10.8 Å². The molecule has 0 aromatic carbocycles. The Labute approximate surface area is 108 Å². The van der Waals surface area contributed by atoms with Gasteiger partial charge < -0.3 is 23.7 Å². The maximum absolute atomic E-state index is 5.90. The van der Waals surface area contributed by atoms with Crippen molar-refractivity contribution in [1.29, 1.82) is 0 Å². The molecule has 0 radical (unpaired) electrons. The Hall–Kier alpha value is -0.200. The summed E-state index contributed by atoms with van der Waals surface area (Å²) in [5.74, 6) is 0. The maximum atomic E-state index is 5.90. The SMILES string of the molecule is C1COCC2(COC2)COCC2(COC1)COC2. The standard InChI is InChI=1S/C13H22O5/c1-2-14-4-12(6-16-7-12)10-18-11-13(5-15-3-1)8-17-9-13/h1-11H2. The van der Waals surface area contributed by atoms with Crippen LogP contribution in [0.4, 0.5) is 0 Å². The van der Waals surface area contributed by atoms with Gasteiger partial charge in [0.1, 0.15) is 0 Å². The normalized spacial score (nSPS) is 32.0. The number of rotatable bonds is 0. The molecular weight excluding hydrogens is 236 g/mol. The Morgan fingerprint density at radius 3 is 1.17 bits per heavy atom. The molecule has 0 aromatic rings. The second-order valence-electron chi connectivity index (χ2n) is 5.94. The first-order valence-corrected chi connectivity index (χ1v) is 6.72. The fraction of sp³-hybridized carbons (Fsp3) is 1.00. The van der Waals surface area contributed by atoms with Gasteiger partial charge in [-0.1, -0.05) is 0 Å².